The van der Waals surface area contributed by atoms with E-state index in [2.05, 4.69) is 186 Å². The molecule has 1 spiro atoms. The van der Waals surface area contributed by atoms with E-state index in [9.17, 15) is 0 Å². The van der Waals surface area contributed by atoms with E-state index in [1.54, 1.807) is 0 Å². The van der Waals surface area contributed by atoms with Gasteiger partial charge in [0.2, 0.25) is 0 Å². The zero-order valence-corrected chi connectivity index (χ0v) is 29.4. The summed E-state index contributed by atoms with van der Waals surface area (Å²) in [5, 5.41) is 0. The minimum absolute atomic E-state index is 0.0289. The molecule has 1 heteroatoms. The molecule has 6 aromatic rings. The fraction of sp³-hybridized carbons (Fsp3) is 0.208. The van der Waals surface area contributed by atoms with Gasteiger partial charge in [-0.1, -0.05) is 142 Å². The van der Waals surface area contributed by atoms with Gasteiger partial charge < -0.3 is 4.90 Å². The van der Waals surface area contributed by atoms with Crippen LogP contribution in [-0.2, 0) is 16.2 Å². The molecule has 0 saturated carbocycles. The summed E-state index contributed by atoms with van der Waals surface area (Å²) in [7, 11) is 0. The molecule has 0 aliphatic heterocycles. The van der Waals surface area contributed by atoms with Gasteiger partial charge in [0.15, 0.2) is 0 Å². The van der Waals surface area contributed by atoms with Gasteiger partial charge in [-0.3, -0.25) is 0 Å². The Morgan fingerprint density at radius 2 is 1.08 bits per heavy atom. The number of fused-ring (bicyclic) bond motifs is 11. The van der Waals surface area contributed by atoms with Crippen molar-refractivity contribution in [1.82, 2.24) is 0 Å². The van der Waals surface area contributed by atoms with Crippen LogP contribution < -0.4 is 4.90 Å². The van der Waals surface area contributed by atoms with E-state index in [1.165, 1.54) is 83.8 Å². The third-order valence-electron chi connectivity index (χ3n) is 12.0. The van der Waals surface area contributed by atoms with Gasteiger partial charge in [-0.2, -0.15) is 0 Å². The summed E-state index contributed by atoms with van der Waals surface area (Å²) >= 11 is 0. The molecule has 0 aromatic heterocycles. The molecule has 6 aromatic carbocycles. The predicted molar refractivity (Wildman–Crippen MR) is 206 cm³/mol. The van der Waals surface area contributed by atoms with Crippen LogP contribution in [0.15, 0.2) is 145 Å². The van der Waals surface area contributed by atoms with Gasteiger partial charge in [-0.25, -0.2) is 0 Å². The van der Waals surface area contributed by atoms with Crippen LogP contribution in [0.2, 0.25) is 0 Å². The number of aryl methyl sites for hydroxylation is 1. The Kier molecular flexibility index (Phi) is 6.38. The predicted octanol–water partition coefficient (Wildman–Crippen LogP) is 12.4. The molecule has 0 radical (unpaired) electrons. The maximum absolute atomic E-state index is 2.50. The van der Waals surface area contributed by atoms with Gasteiger partial charge in [0.1, 0.15) is 0 Å². The molecule has 1 nitrogen and oxygen atoms in total. The second-order valence-electron chi connectivity index (χ2n) is 15.4. The van der Waals surface area contributed by atoms with Crippen LogP contribution in [0.25, 0.3) is 22.3 Å². The normalized spacial score (nSPS) is 18.9. The fourth-order valence-electron chi connectivity index (χ4n) is 9.94. The van der Waals surface area contributed by atoms with Crippen LogP contribution in [0.5, 0.6) is 0 Å². The minimum atomic E-state index is -0.361. The molecule has 0 saturated heterocycles. The molecule has 49 heavy (non-hydrogen) atoms. The Morgan fingerprint density at radius 1 is 0.551 bits per heavy atom. The lowest BCUT2D eigenvalue weighted by Crippen LogP contribution is -2.26. The standard InChI is InChI=1S/C48H43N/c1-7-32(3)49(35-24-26-43-45(29-35)46(4,5)30-47(43,6)33-16-14-15-31(2)27-33)34-23-25-39-38-19-10-13-22-42(38)48(44(39)28-34)40-20-11-8-17-36(40)37-18-9-12-21-41(37)48/h7-29H,30H2,1-6H3/b32-7+. The highest BCUT2D eigenvalue weighted by atomic mass is 15.1. The molecule has 9 rings (SSSR count). The van der Waals surface area contributed by atoms with E-state index in [0.717, 1.165) is 6.42 Å². The molecule has 0 amide bonds. The smallest absolute Gasteiger partial charge is 0.0726 e. The monoisotopic (exact) mass is 633 g/mol. The van der Waals surface area contributed by atoms with E-state index in [0.29, 0.717) is 0 Å². The summed E-state index contributed by atoms with van der Waals surface area (Å²) in [4.78, 5) is 2.47. The Balaban J connectivity index is 1.25. The van der Waals surface area contributed by atoms with Crippen LogP contribution in [0, 0.1) is 6.92 Å². The van der Waals surface area contributed by atoms with Crippen molar-refractivity contribution in [1.29, 1.82) is 0 Å². The van der Waals surface area contributed by atoms with Crippen LogP contribution >= 0.6 is 0 Å². The van der Waals surface area contributed by atoms with Crippen LogP contribution in [0.4, 0.5) is 11.4 Å². The molecule has 0 bridgehead atoms. The summed E-state index contributed by atoms with van der Waals surface area (Å²) in [6, 6.07) is 50.8. The largest absolute Gasteiger partial charge is 0.315 e. The van der Waals surface area contributed by atoms with E-state index in [-0.39, 0.29) is 16.2 Å². The second kappa shape index (κ2) is 10.4. The van der Waals surface area contributed by atoms with Crippen molar-refractivity contribution < 1.29 is 0 Å². The van der Waals surface area contributed by atoms with E-state index < -0.39 is 0 Å². The maximum atomic E-state index is 2.50. The van der Waals surface area contributed by atoms with Gasteiger partial charge in [0, 0.05) is 22.5 Å². The van der Waals surface area contributed by atoms with Crippen molar-refractivity contribution >= 4 is 11.4 Å². The van der Waals surface area contributed by atoms with E-state index >= 15 is 0 Å². The number of hydrogen-bond donors (Lipinski definition) is 0. The molecule has 240 valence electrons. The first-order valence-electron chi connectivity index (χ1n) is 17.8. The van der Waals surface area contributed by atoms with Gasteiger partial charge in [0.25, 0.3) is 0 Å². The Hall–Kier alpha value is -5.14. The Bertz CT molecular complexity index is 2290. The van der Waals surface area contributed by atoms with E-state index in [4.69, 9.17) is 0 Å². The van der Waals surface area contributed by atoms with E-state index in [1.807, 2.05) is 0 Å². The van der Waals surface area contributed by atoms with Gasteiger partial charge >= 0.3 is 0 Å². The van der Waals surface area contributed by atoms with Crippen molar-refractivity contribution in [2.45, 2.75) is 64.2 Å². The van der Waals surface area contributed by atoms with Crippen LogP contribution in [-0.4, -0.2) is 0 Å². The SMILES string of the molecule is C/C=C(\C)N(c1ccc2c(c1)C(C)(C)CC2(C)c1cccc(C)c1)c1ccc2c(c1)C1(c3ccccc3-c3ccccc31)c1ccccc1-2. The molecule has 1 atom stereocenters. The zero-order chi connectivity index (χ0) is 33.7. The summed E-state index contributed by atoms with van der Waals surface area (Å²) in [6.45, 7) is 13.9. The van der Waals surface area contributed by atoms with Crippen molar-refractivity contribution in [3.8, 4) is 22.3 Å². The van der Waals surface area contributed by atoms with Crippen LogP contribution in [0.3, 0.4) is 0 Å². The number of nitrogens with zero attached hydrogens (tertiary/aromatic N) is 1. The van der Waals surface area contributed by atoms with Crippen molar-refractivity contribution in [2.75, 3.05) is 4.90 Å². The molecule has 0 N–H and O–H groups in total. The van der Waals surface area contributed by atoms with Gasteiger partial charge in [-0.05, 0) is 118 Å². The number of benzene rings is 6. The molecule has 1 unspecified atom stereocenters. The third-order valence-corrected chi connectivity index (χ3v) is 12.0. The highest BCUT2D eigenvalue weighted by Gasteiger charge is 2.52. The maximum Gasteiger partial charge on any atom is 0.0726 e. The summed E-state index contributed by atoms with van der Waals surface area (Å²) in [5.74, 6) is 0. The highest BCUT2D eigenvalue weighted by molar-refractivity contribution is 5.96. The second-order valence-corrected chi connectivity index (χ2v) is 15.4. The number of allylic oxidation sites excluding steroid dienone is 2. The molecule has 3 aliphatic carbocycles. The molecule has 0 heterocycles. The molecule has 0 fully saturated rings. The lowest BCUT2D eigenvalue weighted by molar-refractivity contribution is 0.425. The summed E-state index contributed by atoms with van der Waals surface area (Å²) < 4.78 is 0. The molecular weight excluding hydrogens is 591 g/mol. The van der Waals surface area contributed by atoms with Gasteiger partial charge in [0.05, 0.1) is 5.41 Å². The molecular formula is C48H43N. The first-order chi connectivity index (χ1) is 23.7. The number of anilines is 2. The fourth-order valence-corrected chi connectivity index (χ4v) is 9.94. The summed E-state index contributed by atoms with van der Waals surface area (Å²) in [6.07, 6.45) is 3.33. The van der Waals surface area contributed by atoms with Crippen molar-refractivity contribution in [3.63, 3.8) is 0 Å². The Morgan fingerprint density at radius 3 is 1.65 bits per heavy atom. The lowest BCUT2D eigenvalue weighted by atomic mass is 9.70. The zero-order valence-electron chi connectivity index (χ0n) is 29.4. The topological polar surface area (TPSA) is 3.24 Å². The highest BCUT2D eigenvalue weighted by Crippen LogP contribution is 2.63. The van der Waals surface area contributed by atoms with Crippen molar-refractivity contribution in [3.05, 3.63) is 190 Å². The average molecular weight is 634 g/mol. The van der Waals surface area contributed by atoms with Crippen LogP contribution in [0.1, 0.15) is 85.5 Å². The summed E-state index contributed by atoms with van der Waals surface area (Å²) in [5.41, 5.74) is 19.7. The minimum Gasteiger partial charge on any atom is -0.315 e. The third kappa shape index (κ3) is 3.99. The Labute approximate surface area is 291 Å². The average Bonchev–Trinajstić information content (AvgIpc) is 3.66. The van der Waals surface area contributed by atoms with Gasteiger partial charge in [-0.15, -0.1) is 0 Å². The van der Waals surface area contributed by atoms with Crippen molar-refractivity contribution in [2.24, 2.45) is 0 Å². The first-order valence-corrected chi connectivity index (χ1v) is 17.8. The first kappa shape index (κ1) is 30.0. The number of rotatable bonds is 4. The lowest BCUT2D eigenvalue weighted by Gasteiger charge is -2.32. The quantitative estimate of drug-likeness (QED) is 0.186. The number of hydrogen-bond acceptors (Lipinski definition) is 1. The molecule has 3 aliphatic rings.